The van der Waals surface area contributed by atoms with E-state index in [0.29, 0.717) is 11.4 Å². The van der Waals surface area contributed by atoms with Crippen LogP contribution in [0.1, 0.15) is 10.4 Å². The molecule has 21 heavy (non-hydrogen) atoms. The summed E-state index contributed by atoms with van der Waals surface area (Å²) in [5.74, 6) is -0.673. The number of imidazole rings is 1. The molecule has 0 aliphatic carbocycles. The highest BCUT2D eigenvalue weighted by molar-refractivity contribution is 5.93. The Morgan fingerprint density at radius 3 is 2.86 bits per heavy atom. The number of ether oxygens (including phenoxy) is 1. The van der Waals surface area contributed by atoms with E-state index < -0.39 is 5.97 Å². The summed E-state index contributed by atoms with van der Waals surface area (Å²) in [7, 11) is 0. The SMILES string of the molecule is O=C(O)COCCNC(=O)c1ccc(-n2ccnc2)nc1. The molecule has 1 amide bonds. The van der Waals surface area contributed by atoms with Gasteiger partial charge in [0, 0.05) is 25.1 Å². The number of hydrogen-bond donors (Lipinski definition) is 2. The second kappa shape index (κ2) is 7.15. The van der Waals surface area contributed by atoms with Gasteiger partial charge in [0.15, 0.2) is 0 Å². The first-order chi connectivity index (χ1) is 10.2. The van der Waals surface area contributed by atoms with E-state index in [9.17, 15) is 9.59 Å². The Bertz CT molecular complexity index is 595. The number of nitrogens with one attached hydrogen (secondary N) is 1. The first-order valence-corrected chi connectivity index (χ1v) is 6.19. The van der Waals surface area contributed by atoms with Gasteiger partial charge in [0.2, 0.25) is 0 Å². The molecule has 0 bridgehead atoms. The topological polar surface area (TPSA) is 106 Å². The Kier molecular flexibility index (Phi) is 4.99. The average Bonchev–Trinajstić information content (AvgIpc) is 3.01. The van der Waals surface area contributed by atoms with E-state index in [-0.39, 0.29) is 25.7 Å². The van der Waals surface area contributed by atoms with Crippen LogP contribution in [-0.4, -0.2) is 51.3 Å². The summed E-state index contributed by atoms with van der Waals surface area (Å²) in [4.78, 5) is 30.1. The summed E-state index contributed by atoms with van der Waals surface area (Å²) >= 11 is 0. The van der Waals surface area contributed by atoms with Gasteiger partial charge in [0.25, 0.3) is 5.91 Å². The van der Waals surface area contributed by atoms with Crippen molar-refractivity contribution in [2.75, 3.05) is 19.8 Å². The molecule has 2 aromatic heterocycles. The molecule has 0 fully saturated rings. The molecule has 0 spiro atoms. The van der Waals surface area contributed by atoms with Gasteiger partial charge in [-0.2, -0.15) is 0 Å². The molecule has 8 nitrogen and oxygen atoms in total. The largest absolute Gasteiger partial charge is 0.480 e. The predicted molar refractivity (Wildman–Crippen MR) is 72.1 cm³/mol. The van der Waals surface area contributed by atoms with Gasteiger partial charge in [-0.05, 0) is 12.1 Å². The molecule has 0 saturated carbocycles. The molecule has 0 aliphatic rings. The minimum Gasteiger partial charge on any atom is -0.480 e. The van der Waals surface area contributed by atoms with Crippen molar-refractivity contribution in [3.05, 3.63) is 42.6 Å². The Morgan fingerprint density at radius 2 is 2.24 bits per heavy atom. The second-order valence-corrected chi connectivity index (χ2v) is 4.08. The van der Waals surface area contributed by atoms with Crippen LogP contribution in [0.25, 0.3) is 5.82 Å². The van der Waals surface area contributed by atoms with Crippen LogP contribution < -0.4 is 5.32 Å². The van der Waals surface area contributed by atoms with Crippen molar-refractivity contribution in [1.29, 1.82) is 0 Å². The highest BCUT2D eigenvalue weighted by atomic mass is 16.5. The lowest BCUT2D eigenvalue weighted by molar-refractivity contribution is -0.142. The molecule has 0 aromatic carbocycles. The summed E-state index contributed by atoms with van der Waals surface area (Å²) in [6, 6.07) is 3.35. The van der Waals surface area contributed by atoms with E-state index in [0.717, 1.165) is 0 Å². The summed E-state index contributed by atoms with van der Waals surface area (Å²) in [6.07, 6.45) is 6.46. The minimum atomic E-state index is -1.04. The van der Waals surface area contributed by atoms with Crippen molar-refractivity contribution in [1.82, 2.24) is 19.9 Å². The summed E-state index contributed by atoms with van der Waals surface area (Å²) in [5, 5.41) is 11.0. The van der Waals surface area contributed by atoms with Gasteiger partial charge in [0.05, 0.1) is 12.2 Å². The molecule has 0 unspecified atom stereocenters. The lowest BCUT2D eigenvalue weighted by Gasteiger charge is -2.06. The number of aliphatic carboxylic acids is 1. The van der Waals surface area contributed by atoms with Gasteiger partial charge in [-0.15, -0.1) is 0 Å². The molecule has 2 aromatic rings. The van der Waals surface area contributed by atoms with E-state index in [1.54, 1.807) is 35.4 Å². The van der Waals surface area contributed by atoms with Crippen LogP contribution in [0.4, 0.5) is 0 Å². The lowest BCUT2D eigenvalue weighted by Crippen LogP contribution is -2.28. The van der Waals surface area contributed by atoms with Crippen molar-refractivity contribution in [2.24, 2.45) is 0 Å². The molecule has 0 aliphatic heterocycles. The Hall–Kier alpha value is -2.74. The second-order valence-electron chi connectivity index (χ2n) is 4.08. The lowest BCUT2D eigenvalue weighted by atomic mass is 10.2. The van der Waals surface area contributed by atoms with Crippen LogP contribution in [0.3, 0.4) is 0 Å². The molecule has 2 heterocycles. The molecule has 0 saturated heterocycles. The normalized spacial score (nSPS) is 10.3. The third-order valence-corrected chi connectivity index (χ3v) is 2.54. The first kappa shape index (κ1) is 14.7. The number of carbonyl (C=O) groups is 2. The van der Waals surface area contributed by atoms with E-state index in [4.69, 9.17) is 9.84 Å². The zero-order valence-corrected chi connectivity index (χ0v) is 11.1. The van der Waals surface area contributed by atoms with Crippen molar-refractivity contribution >= 4 is 11.9 Å². The molecular formula is C13H14N4O4. The summed E-state index contributed by atoms with van der Waals surface area (Å²) < 4.78 is 6.53. The van der Waals surface area contributed by atoms with E-state index in [1.807, 2.05) is 0 Å². The van der Waals surface area contributed by atoms with Crippen molar-refractivity contribution in [3.8, 4) is 5.82 Å². The fourth-order valence-electron chi connectivity index (χ4n) is 1.57. The van der Waals surface area contributed by atoms with Crippen molar-refractivity contribution in [3.63, 3.8) is 0 Å². The van der Waals surface area contributed by atoms with Gasteiger partial charge in [-0.3, -0.25) is 9.36 Å². The highest BCUT2D eigenvalue weighted by Crippen LogP contribution is 2.05. The van der Waals surface area contributed by atoms with Gasteiger partial charge in [0.1, 0.15) is 18.8 Å². The van der Waals surface area contributed by atoms with Gasteiger partial charge in [-0.25, -0.2) is 14.8 Å². The fraction of sp³-hybridized carbons (Fsp3) is 0.231. The monoisotopic (exact) mass is 290 g/mol. The number of nitrogens with zero attached hydrogens (tertiary/aromatic N) is 3. The molecular weight excluding hydrogens is 276 g/mol. The van der Waals surface area contributed by atoms with E-state index >= 15 is 0 Å². The molecule has 0 radical (unpaired) electrons. The minimum absolute atomic E-state index is 0.137. The number of carboxylic acid groups (broad SMARTS) is 1. The van der Waals surface area contributed by atoms with Crippen LogP contribution in [0, 0.1) is 0 Å². The summed E-state index contributed by atoms with van der Waals surface area (Å²) in [6.45, 7) is -0.00893. The Morgan fingerprint density at radius 1 is 1.38 bits per heavy atom. The zero-order chi connectivity index (χ0) is 15.1. The maximum absolute atomic E-state index is 11.8. The molecule has 0 atom stereocenters. The average molecular weight is 290 g/mol. The molecule has 8 heteroatoms. The third-order valence-electron chi connectivity index (χ3n) is 2.54. The first-order valence-electron chi connectivity index (χ1n) is 6.19. The fourth-order valence-corrected chi connectivity index (χ4v) is 1.57. The standard InChI is InChI=1S/C13H14N4O4/c18-12(19)8-21-6-4-15-13(20)10-1-2-11(16-7-10)17-5-3-14-9-17/h1-3,5,7,9H,4,6,8H2,(H,15,20)(H,18,19). The smallest absolute Gasteiger partial charge is 0.329 e. The number of amides is 1. The van der Waals surface area contributed by atoms with E-state index in [1.165, 1.54) is 6.20 Å². The van der Waals surface area contributed by atoms with Gasteiger partial charge < -0.3 is 15.2 Å². The zero-order valence-electron chi connectivity index (χ0n) is 11.1. The number of aromatic nitrogens is 3. The number of carboxylic acids is 1. The molecule has 2 rings (SSSR count). The number of pyridine rings is 1. The van der Waals surface area contributed by atoms with Crippen LogP contribution >= 0.6 is 0 Å². The van der Waals surface area contributed by atoms with Crippen LogP contribution in [0.15, 0.2) is 37.1 Å². The summed E-state index contributed by atoms with van der Waals surface area (Å²) in [5.41, 5.74) is 0.414. The van der Waals surface area contributed by atoms with Crippen molar-refractivity contribution < 1.29 is 19.4 Å². The maximum atomic E-state index is 11.8. The number of hydrogen-bond acceptors (Lipinski definition) is 5. The quantitative estimate of drug-likeness (QED) is 0.700. The number of rotatable bonds is 7. The maximum Gasteiger partial charge on any atom is 0.329 e. The Labute approximate surface area is 120 Å². The Balaban J connectivity index is 1.81. The van der Waals surface area contributed by atoms with Crippen LogP contribution in [-0.2, 0) is 9.53 Å². The molecule has 2 N–H and O–H groups in total. The van der Waals surface area contributed by atoms with Gasteiger partial charge >= 0.3 is 5.97 Å². The number of carbonyl (C=O) groups excluding carboxylic acids is 1. The van der Waals surface area contributed by atoms with Crippen LogP contribution in [0.2, 0.25) is 0 Å². The van der Waals surface area contributed by atoms with Crippen molar-refractivity contribution in [2.45, 2.75) is 0 Å². The molecule has 110 valence electrons. The third kappa shape index (κ3) is 4.39. The predicted octanol–water partition coefficient (Wildman–Crippen LogP) is 0.0983. The van der Waals surface area contributed by atoms with Gasteiger partial charge in [-0.1, -0.05) is 0 Å². The van der Waals surface area contributed by atoms with E-state index in [2.05, 4.69) is 15.3 Å². The van der Waals surface area contributed by atoms with Crippen LogP contribution in [0.5, 0.6) is 0 Å². The highest BCUT2D eigenvalue weighted by Gasteiger charge is 2.06.